The Hall–Kier alpha value is -4.79. The summed E-state index contributed by atoms with van der Waals surface area (Å²) in [7, 11) is 3.11. The van der Waals surface area contributed by atoms with Crippen molar-refractivity contribution in [3.63, 3.8) is 0 Å². The van der Waals surface area contributed by atoms with Crippen LogP contribution in [-0.2, 0) is 4.79 Å². The number of aromatic nitrogens is 3. The number of anilines is 3. The molecule has 1 aliphatic heterocycles. The normalized spacial score (nSPS) is 15.9. The van der Waals surface area contributed by atoms with E-state index < -0.39 is 5.91 Å². The first-order valence-corrected chi connectivity index (χ1v) is 13.2. The number of carbonyl (C=O) groups is 2. The number of piperidine rings is 1. The first kappa shape index (κ1) is 26.8. The maximum absolute atomic E-state index is 12.8. The van der Waals surface area contributed by atoms with Crippen molar-refractivity contribution in [2.24, 2.45) is 17.6 Å². The molecular weight excluding hydrogens is 512 g/mol. The number of benzene rings is 1. The number of imidazole rings is 1. The number of allylic oxidation sites excluding steroid dienone is 1. The van der Waals surface area contributed by atoms with Crippen molar-refractivity contribution in [3.05, 3.63) is 47.8 Å². The number of nitriles is 1. The van der Waals surface area contributed by atoms with Crippen LogP contribution in [0.4, 0.5) is 17.5 Å². The van der Waals surface area contributed by atoms with Gasteiger partial charge in [-0.05, 0) is 37.5 Å². The molecule has 40 heavy (non-hydrogen) atoms. The van der Waals surface area contributed by atoms with Crippen LogP contribution in [0.5, 0.6) is 11.5 Å². The number of nitrogens with one attached hydrogen (secondary N) is 2. The van der Waals surface area contributed by atoms with Crippen LogP contribution < -0.4 is 25.8 Å². The van der Waals surface area contributed by atoms with Gasteiger partial charge in [-0.2, -0.15) is 10.2 Å². The number of likely N-dealkylation sites (tertiary alicyclic amines) is 1. The monoisotopic (exact) mass is 544 g/mol. The van der Waals surface area contributed by atoms with Gasteiger partial charge in [-0.3, -0.25) is 14.0 Å². The van der Waals surface area contributed by atoms with E-state index in [0.717, 1.165) is 25.7 Å². The number of rotatable bonds is 10. The van der Waals surface area contributed by atoms with E-state index in [-0.39, 0.29) is 28.8 Å². The molecule has 208 valence electrons. The molecule has 12 nitrogen and oxygen atoms in total. The summed E-state index contributed by atoms with van der Waals surface area (Å²) in [6.07, 6.45) is 8.81. The van der Waals surface area contributed by atoms with Gasteiger partial charge in [-0.25, -0.2) is 4.98 Å². The molecule has 2 aromatic heterocycles. The van der Waals surface area contributed by atoms with Gasteiger partial charge in [-0.15, -0.1) is 0 Å². The molecule has 1 saturated carbocycles. The van der Waals surface area contributed by atoms with Gasteiger partial charge in [0.2, 0.25) is 5.95 Å². The highest BCUT2D eigenvalue weighted by Gasteiger charge is 2.28. The van der Waals surface area contributed by atoms with E-state index in [9.17, 15) is 14.9 Å². The molecule has 3 heterocycles. The Labute approximate surface area is 231 Å². The van der Waals surface area contributed by atoms with Gasteiger partial charge >= 0.3 is 0 Å². The summed E-state index contributed by atoms with van der Waals surface area (Å²) >= 11 is 0. The molecule has 1 aliphatic carbocycles. The quantitative estimate of drug-likeness (QED) is 0.257. The fraction of sp³-hybridized carbons (Fsp3) is 0.393. The first-order chi connectivity index (χ1) is 19.4. The number of carbonyl (C=O) groups excluding carboxylic acids is 2. The molecular formula is C28H32N8O4. The zero-order valence-corrected chi connectivity index (χ0v) is 22.5. The van der Waals surface area contributed by atoms with Crippen LogP contribution in [0.2, 0.25) is 0 Å². The van der Waals surface area contributed by atoms with Crippen molar-refractivity contribution < 1.29 is 19.1 Å². The van der Waals surface area contributed by atoms with Crippen molar-refractivity contribution in [2.75, 3.05) is 44.5 Å². The lowest BCUT2D eigenvalue weighted by Crippen LogP contribution is -2.40. The summed E-state index contributed by atoms with van der Waals surface area (Å²) < 4.78 is 12.4. The standard InChI is InChI=1S/C28H32N8O4/c1-39-21-12-20(13-22(14-21)40-2)33-25-23(24(30)37)26-31-7-10-36(26)28(34-25)32-16-18-5-8-35(9-6-18)27(38)19(15-29)11-17-3-4-17/h7,10-14,17-18,33H,3-6,8-9,16H2,1-2H3,(H2,30,37)(H,32,34)/b19-11-. The Morgan fingerprint density at radius 3 is 2.45 bits per heavy atom. The minimum absolute atomic E-state index is 0.150. The Balaban J connectivity index is 1.32. The smallest absolute Gasteiger partial charge is 0.264 e. The maximum atomic E-state index is 12.8. The number of amides is 2. The predicted octanol–water partition coefficient (Wildman–Crippen LogP) is 3.10. The second-order valence-corrected chi connectivity index (χ2v) is 10.0. The van der Waals surface area contributed by atoms with Crippen LogP contribution in [0, 0.1) is 23.2 Å². The summed E-state index contributed by atoms with van der Waals surface area (Å²) in [5.41, 5.74) is 7.12. The van der Waals surface area contributed by atoms with E-state index >= 15 is 0 Å². The van der Waals surface area contributed by atoms with E-state index in [2.05, 4.69) is 21.7 Å². The summed E-state index contributed by atoms with van der Waals surface area (Å²) in [5.74, 6) is 1.70. The molecule has 0 radical (unpaired) electrons. The lowest BCUT2D eigenvalue weighted by Gasteiger charge is -2.32. The molecule has 2 fully saturated rings. The van der Waals surface area contributed by atoms with Gasteiger partial charge in [0.15, 0.2) is 11.5 Å². The van der Waals surface area contributed by atoms with Gasteiger partial charge in [0, 0.05) is 55.9 Å². The number of primary amides is 1. The van der Waals surface area contributed by atoms with Crippen LogP contribution in [0.15, 0.2) is 42.2 Å². The van der Waals surface area contributed by atoms with Crippen LogP contribution >= 0.6 is 0 Å². The third-order valence-electron chi connectivity index (χ3n) is 7.23. The zero-order valence-electron chi connectivity index (χ0n) is 22.5. The van der Waals surface area contributed by atoms with Crippen molar-refractivity contribution in [1.82, 2.24) is 19.3 Å². The van der Waals surface area contributed by atoms with E-state index in [0.29, 0.717) is 54.3 Å². The van der Waals surface area contributed by atoms with Gasteiger partial charge in [0.1, 0.15) is 28.7 Å². The number of hydrogen-bond acceptors (Lipinski definition) is 9. The first-order valence-electron chi connectivity index (χ1n) is 13.2. The van der Waals surface area contributed by atoms with E-state index in [4.69, 9.17) is 20.2 Å². The average Bonchev–Trinajstić information content (AvgIpc) is 3.66. The summed E-state index contributed by atoms with van der Waals surface area (Å²) in [4.78, 5) is 36.1. The predicted molar refractivity (Wildman–Crippen MR) is 149 cm³/mol. The van der Waals surface area contributed by atoms with E-state index in [1.165, 1.54) is 0 Å². The molecule has 0 atom stereocenters. The molecule has 0 spiro atoms. The van der Waals surface area contributed by atoms with Crippen molar-refractivity contribution in [2.45, 2.75) is 25.7 Å². The maximum Gasteiger partial charge on any atom is 0.264 e. The van der Waals surface area contributed by atoms with E-state index in [1.54, 1.807) is 54.1 Å². The Bertz CT molecular complexity index is 1470. The molecule has 2 aliphatic rings. The van der Waals surface area contributed by atoms with E-state index in [1.807, 2.05) is 6.08 Å². The number of nitrogens with zero attached hydrogens (tertiary/aromatic N) is 5. The minimum Gasteiger partial charge on any atom is -0.497 e. The number of fused-ring (bicyclic) bond motifs is 1. The SMILES string of the molecule is COc1cc(Nc2nc(NCC3CCN(C(=O)/C(C#N)=C\C4CC4)CC3)n3ccnc3c2C(N)=O)cc(OC)c1. The van der Waals surface area contributed by atoms with Gasteiger partial charge in [0.05, 0.1) is 14.2 Å². The number of nitrogens with two attached hydrogens (primary N) is 1. The lowest BCUT2D eigenvalue weighted by molar-refractivity contribution is -0.128. The molecule has 3 aromatic rings. The van der Waals surface area contributed by atoms with Crippen LogP contribution in [0.3, 0.4) is 0 Å². The van der Waals surface area contributed by atoms with Gasteiger partial charge in [0.25, 0.3) is 11.8 Å². The summed E-state index contributed by atoms with van der Waals surface area (Å²) in [6.45, 7) is 1.79. The highest BCUT2D eigenvalue weighted by molar-refractivity contribution is 6.04. The molecule has 0 unspecified atom stereocenters. The molecule has 2 amide bonds. The molecule has 5 rings (SSSR count). The van der Waals surface area contributed by atoms with Crippen molar-refractivity contribution >= 4 is 34.9 Å². The number of ether oxygens (including phenoxy) is 2. The Morgan fingerprint density at radius 1 is 1.15 bits per heavy atom. The largest absolute Gasteiger partial charge is 0.497 e. The Kier molecular flexibility index (Phi) is 7.72. The second kappa shape index (κ2) is 11.5. The molecule has 1 aromatic carbocycles. The highest BCUT2D eigenvalue weighted by Crippen LogP contribution is 2.32. The minimum atomic E-state index is -0.669. The summed E-state index contributed by atoms with van der Waals surface area (Å²) in [6, 6.07) is 7.33. The zero-order chi connectivity index (χ0) is 28.2. The molecule has 0 bridgehead atoms. The van der Waals surface area contributed by atoms with Crippen molar-refractivity contribution in [3.8, 4) is 17.6 Å². The van der Waals surface area contributed by atoms with Crippen LogP contribution in [0.25, 0.3) is 5.65 Å². The van der Waals surface area contributed by atoms with Crippen molar-refractivity contribution in [1.29, 1.82) is 5.26 Å². The number of hydrogen-bond donors (Lipinski definition) is 3. The fourth-order valence-electron chi connectivity index (χ4n) is 4.84. The molecule has 1 saturated heterocycles. The highest BCUT2D eigenvalue weighted by atomic mass is 16.5. The molecule has 4 N–H and O–H groups in total. The second-order valence-electron chi connectivity index (χ2n) is 10.0. The van der Waals surface area contributed by atoms with Gasteiger partial charge < -0.3 is 30.7 Å². The topological polar surface area (TPSA) is 160 Å². The third kappa shape index (κ3) is 5.78. The van der Waals surface area contributed by atoms with Crippen LogP contribution in [-0.4, -0.2) is 64.9 Å². The van der Waals surface area contributed by atoms with Gasteiger partial charge in [-0.1, -0.05) is 6.08 Å². The number of methoxy groups -OCH3 is 2. The summed E-state index contributed by atoms with van der Waals surface area (Å²) in [5, 5.41) is 16.0. The third-order valence-corrected chi connectivity index (χ3v) is 7.23. The Morgan fingerprint density at radius 2 is 1.85 bits per heavy atom. The molecule has 12 heteroatoms. The average molecular weight is 545 g/mol. The lowest BCUT2D eigenvalue weighted by atomic mass is 9.96. The fourth-order valence-corrected chi connectivity index (χ4v) is 4.84. The van der Waals surface area contributed by atoms with Crippen LogP contribution in [0.1, 0.15) is 36.0 Å².